The Balaban J connectivity index is 3.00. The van der Waals surface area contributed by atoms with Crippen LogP contribution in [-0.2, 0) is 0 Å². The Bertz CT molecular complexity index is 309. The summed E-state index contributed by atoms with van der Waals surface area (Å²) in [4.78, 5) is 0. The second-order valence-electron chi connectivity index (χ2n) is 5.09. The molecular formula is C13H20O2. The number of hydrogen-bond acceptors (Lipinski definition) is 2. The van der Waals surface area contributed by atoms with Gasteiger partial charge >= 0.3 is 0 Å². The molecule has 84 valence electrons. The van der Waals surface area contributed by atoms with Gasteiger partial charge in [-0.15, -0.1) is 0 Å². The Morgan fingerprint density at radius 3 is 1.87 bits per heavy atom. The molecule has 0 aliphatic heterocycles. The zero-order chi connectivity index (χ0) is 11.7. The third kappa shape index (κ3) is 2.39. The number of aliphatic hydroxyl groups is 2. The van der Waals surface area contributed by atoms with Crippen molar-refractivity contribution in [3.63, 3.8) is 0 Å². The van der Waals surface area contributed by atoms with Crippen molar-refractivity contribution in [3.05, 3.63) is 35.9 Å². The third-order valence-electron chi connectivity index (χ3n) is 3.38. The molecule has 0 amide bonds. The van der Waals surface area contributed by atoms with Crippen LogP contribution in [0.25, 0.3) is 0 Å². The van der Waals surface area contributed by atoms with Crippen LogP contribution < -0.4 is 0 Å². The van der Waals surface area contributed by atoms with E-state index in [2.05, 4.69) is 0 Å². The van der Waals surface area contributed by atoms with E-state index < -0.39 is 17.1 Å². The first-order valence-electron chi connectivity index (χ1n) is 5.22. The molecule has 0 aromatic heterocycles. The SMILES string of the molecule is CC(C)(O)C(C)(C)[C@@H](O)c1ccccc1. The smallest absolute Gasteiger partial charge is 0.0868 e. The van der Waals surface area contributed by atoms with Gasteiger partial charge in [0.15, 0.2) is 0 Å². The Morgan fingerprint density at radius 2 is 1.47 bits per heavy atom. The lowest BCUT2D eigenvalue weighted by Crippen LogP contribution is -2.43. The summed E-state index contributed by atoms with van der Waals surface area (Å²) < 4.78 is 0. The van der Waals surface area contributed by atoms with Crippen molar-refractivity contribution in [1.82, 2.24) is 0 Å². The average Bonchev–Trinajstić information content (AvgIpc) is 2.16. The van der Waals surface area contributed by atoms with Crippen molar-refractivity contribution in [2.24, 2.45) is 5.41 Å². The van der Waals surface area contributed by atoms with Gasteiger partial charge in [0.1, 0.15) is 0 Å². The topological polar surface area (TPSA) is 40.5 Å². The Labute approximate surface area is 91.6 Å². The molecule has 0 unspecified atom stereocenters. The fraction of sp³-hybridized carbons (Fsp3) is 0.538. The van der Waals surface area contributed by atoms with Gasteiger partial charge in [0, 0.05) is 5.41 Å². The Kier molecular flexibility index (Phi) is 3.22. The molecule has 0 aliphatic rings. The van der Waals surface area contributed by atoms with Gasteiger partial charge in [0.2, 0.25) is 0 Å². The summed E-state index contributed by atoms with van der Waals surface area (Å²) in [6, 6.07) is 9.43. The second kappa shape index (κ2) is 3.95. The van der Waals surface area contributed by atoms with Gasteiger partial charge in [-0.1, -0.05) is 44.2 Å². The van der Waals surface area contributed by atoms with E-state index in [1.165, 1.54) is 0 Å². The van der Waals surface area contributed by atoms with Crippen LogP contribution in [0.2, 0.25) is 0 Å². The predicted molar refractivity (Wildman–Crippen MR) is 61.5 cm³/mol. The first-order valence-corrected chi connectivity index (χ1v) is 5.22. The van der Waals surface area contributed by atoms with Crippen molar-refractivity contribution in [3.8, 4) is 0 Å². The lowest BCUT2D eigenvalue weighted by Gasteiger charge is -2.41. The minimum atomic E-state index is -0.928. The molecule has 0 saturated heterocycles. The molecule has 1 atom stereocenters. The third-order valence-corrected chi connectivity index (χ3v) is 3.38. The summed E-state index contributed by atoms with van der Waals surface area (Å²) in [5, 5.41) is 20.2. The average molecular weight is 208 g/mol. The monoisotopic (exact) mass is 208 g/mol. The van der Waals surface area contributed by atoms with E-state index in [9.17, 15) is 10.2 Å². The van der Waals surface area contributed by atoms with Crippen LogP contribution in [0.4, 0.5) is 0 Å². The molecule has 0 fully saturated rings. The Morgan fingerprint density at radius 1 is 1.00 bits per heavy atom. The van der Waals surface area contributed by atoms with E-state index in [1.54, 1.807) is 13.8 Å². The quantitative estimate of drug-likeness (QED) is 0.801. The first kappa shape index (κ1) is 12.2. The fourth-order valence-electron chi connectivity index (χ4n) is 1.39. The highest BCUT2D eigenvalue weighted by atomic mass is 16.3. The van der Waals surface area contributed by atoms with Gasteiger partial charge in [-0.05, 0) is 19.4 Å². The first-order chi connectivity index (χ1) is 6.77. The van der Waals surface area contributed by atoms with Crippen molar-refractivity contribution in [1.29, 1.82) is 0 Å². The molecule has 0 radical (unpaired) electrons. The van der Waals surface area contributed by atoms with Gasteiger partial charge in [-0.3, -0.25) is 0 Å². The molecule has 0 saturated carbocycles. The molecule has 1 aromatic carbocycles. The Hall–Kier alpha value is -0.860. The highest BCUT2D eigenvalue weighted by Gasteiger charge is 2.41. The molecule has 15 heavy (non-hydrogen) atoms. The van der Waals surface area contributed by atoms with Gasteiger partial charge in [-0.2, -0.15) is 0 Å². The highest BCUT2D eigenvalue weighted by Crippen LogP contribution is 2.41. The lowest BCUT2D eigenvalue weighted by atomic mass is 9.71. The normalized spacial score (nSPS) is 15.1. The van der Waals surface area contributed by atoms with E-state index in [1.807, 2.05) is 44.2 Å². The van der Waals surface area contributed by atoms with Crippen LogP contribution in [-0.4, -0.2) is 15.8 Å². The van der Waals surface area contributed by atoms with Gasteiger partial charge in [0.05, 0.1) is 11.7 Å². The van der Waals surface area contributed by atoms with Crippen LogP contribution in [0.1, 0.15) is 39.4 Å². The summed E-state index contributed by atoms with van der Waals surface area (Å²) in [7, 11) is 0. The maximum Gasteiger partial charge on any atom is 0.0868 e. The molecule has 0 heterocycles. The number of benzene rings is 1. The zero-order valence-corrected chi connectivity index (χ0v) is 9.86. The number of rotatable bonds is 3. The van der Waals surface area contributed by atoms with E-state index in [-0.39, 0.29) is 0 Å². The van der Waals surface area contributed by atoms with E-state index in [0.717, 1.165) is 5.56 Å². The highest BCUT2D eigenvalue weighted by molar-refractivity contribution is 5.20. The molecule has 0 aliphatic carbocycles. The fourth-order valence-corrected chi connectivity index (χ4v) is 1.39. The minimum absolute atomic E-state index is 0.589. The van der Waals surface area contributed by atoms with Crippen LogP contribution in [0.5, 0.6) is 0 Å². The van der Waals surface area contributed by atoms with Crippen molar-refractivity contribution < 1.29 is 10.2 Å². The van der Waals surface area contributed by atoms with Crippen LogP contribution in [0, 0.1) is 5.41 Å². The minimum Gasteiger partial charge on any atom is -0.390 e. The molecule has 1 rings (SSSR count). The van der Waals surface area contributed by atoms with E-state index >= 15 is 0 Å². The molecule has 2 nitrogen and oxygen atoms in total. The van der Waals surface area contributed by atoms with Crippen molar-refractivity contribution in [2.45, 2.75) is 39.4 Å². The van der Waals surface area contributed by atoms with E-state index in [4.69, 9.17) is 0 Å². The van der Waals surface area contributed by atoms with E-state index in [0.29, 0.717) is 0 Å². The zero-order valence-electron chi connectivity index (χ0n) is 9.86. The molecule has 1 aromatic rings. The van der Waals surface area contributed by atoms with Crippen LogP contribution in [0.3, 0.4) is 0 Å². The van der Waals surface area contributed by atoms with Gasteiger partial charge in [0.25, 0.3) is 0 Å². The maximum atomic E-state index is 10.2. The van der Waals surface area contributed by atoms with Gasteiger partial charge < -0.3 is 10.2 Å². The largest absolute Gasteiger partial charge is 0.390 e. The predicted octanol–water partition coefficient (Wildman–Crippen LogP) is 2.52. The molecule has 2 N–H and O–H groups in total. The summed E-state index contributed by atoms with van der Waals surface area (Å²) in [6.45, 7) is 7.17. The molecule has 0 spiro atoms. The van der Waals surface area contributed by atoms with Crippen LogP contribution >= 0.6 is 0 Å². The molecule has 2 heteroatoms. The van der Waals surface area contributed by atoms with Gasteiger partial charge in [-0.25, -0.2) is 0 Å². The lowest BCUT2D eigenvalue weighted by molar-refractivity contribution is -0.105. The standard InChI is InChI=1S/C13H20O2/c1-12(2,13(3,4)15)11(14)10-8-6-5-7-9-10/h5-9,11,14-15H,1-4H3/t11-/m0/s1. The summed E-state index contributed by atoms with van der Waals surface area (Å²) in [5.41, 5.74) is -0.680. The number of aliphatic hydroxyl groups excluding tert-OH is 1. The second-order valence-corrected chi connectivity index (χ2v) is 5.09. The molecular weight excluding hydrogens is 188 g/mol. The van der Waals surface area contributed by atoms with Crippen molar-refractivity contribution >= 4 is 0 Å². The van der Waals surface area contributed by atoms with Crippen molar-refractivity contribution in [2.75, 3.05) is 0 Å². The summed E-state index contributed by atoms with van der Waals surface area (Å²) >= 11 is 0. The number of hydrogen-bond donors (Lipinski definition) is 2. The maximum absolute atomic E-state index is 10.2. The summed E-state index contributed by atoms with van der Waals surface area (Å²) in [5.74, 6) is 0. The summed E-state index contributed by atoms with van der Waals surface area (Å²) in [6.07, 6.45) is -0.668. The van der Waals surface area contributed by atoms with Crippen LogP contribution in [0.15, 0.2) is 30.3 Å². The molecule has 0 bridgehead atoms.